The predicted molar refractivity (Wildman–Crippen MR) is 65.9 cm³/mol. The molecule has 0 aliphatic carbocycles. The summed E-state index contributed by atoms with van der Waals surface area (Å²) in [5.41, 5.74) is 0. The molecule has 1 fully saturated rings. The van der Waals surface area contributed by atoms with E-state index in [4.69, 9.17) is 4.74 Å². The van der Waals surface area contributed by atoms with Crippen LogP contribution in [-0.2, 0) is 4.74 Å². The monoisotopic (exact) mass is 239 g/mol. The van der Waals surface area contributed by atoms with Gasteiger partial charge in [-0.15, -0.1) is 11.8 Å². The number of thioether (sulfide) groups is 1. The third kappa shape index (κ3) is 3.35. The lowest BCUT2D eigenvalue weighted by atomic mass is 10.2. The van der Waals surface area contributed by atoms with Gasteiger partial charge in [-0.1, -0.05) is 0 Å². The molecular formula is C11H17N3OS. The number of nitrogens with zero attached hydrogens (tertiary/aromatic N) is 2. The average Bonchev–Trinajstić information content (AvgIpc) is 2.31. The summed E-state index contributed by atoms with van der Waals surface area (Å²) in [5.74, 6) is 0.722. The minimum absolute atomic E-state index is 0.637. The highest BCUT2D eigenvalue weighted by atomic mass is 32.2. The standard InChI is InChI=1S/C11H17N3OS/c1-2-12-11-13-6-3-10(14-11)16-9-4-7-15-8-5-9/h3,6,9H,2,4-5,7-8H2,1H3,(H,12,13,14). The Kier molecular flexibility index (Phi) is 4.42. The molecule has 2 rings (SSSR count). The molecule has 1 aromatic rings. The van der Waals surface area contributed by atoms with Crippen molar-refractivity contribution in [3.63, 3.8) is 0 Å². The van der Waals surface area contributed by atoms with E-state index in [1.807, 2.05) is 30.9 Å². The fourth-order valence-electron chi connectivity index (χ4n) is 1.62. The summed E-state index contributed by atoms with van der Waals surface area (Å²) >= 11 is 1.83. The molecule has 0 saturated carbocycles. The Morgan fingerprint density at radius 2 is 2.31 bits per heavy atom. The summed E-state index contributed by atoms with van der Waals surface area (Å²) in [5, 5.41) is 4.82. The Hall–Kier alpha value is -0.810. The highest BCUT2D eigenvalue weighted by molar-refractivity contribution is 7.99. The Morgan fingerprint density at radius 3 is 3.06 bits per heavy atom. The molecule has 16 heavy (non-hydrogen) atoms. The van der Waals surface area contributed by atoms with Crippen molar-refractivity contribution in [1.82, 2.24) is 9.97 Å². The molecule has 0 radical (unpaired) electrons. The largest absolute Gasteiger partial charge is 0.381 e. The van der Waals surface area contributed by atoms with Crippen LogP contribution in [0.1, 0.15) is 19.8 Å². The van der Waals surface area contributed by atoms with Gasteiger partial charge >= 0.3 is 0 Å². The van der Waals surface area contributed by atoms with Crippen LogP contribution >= 0.6 is 11.8 Å². The number of aromatic nitrogens is 2. The molecule has 1 aliphatic heterocycles. The fourth-order valence-corrected chi connectivity index (χ4v) is 2.66. The summed E-state index contributed by atoms with van der Waals surface area (Å²) < 4.78 is 5.34. The molecule has 1 aromatic heterocycles. The maximum absolute atomic E-state index is 5.34. The van der Waals surface area contributed by atoms with Crippen molar-refractivity contribution in [3.8, 4) is 0 Å². The first-order valence-corrected chi connectivity index (χ1v) is 6.58. The normalized spacial score (nSPS) is 17.3. The third-order valence-electron chi connectivity index (χ3n) is 2.42. The Bertz CT molecular complexity index is 329. The predicted octanol–water partition coefficient (Wildman–Crippen LogP) is 2.18. The molecule has 5 heteroatoms. The molecule has 1 saturated heterocycles. The number of nitrogens with one attached hydrogen (secondary N) is 1. The number of ether oxygens (including phenoxy) is 1. The summed E-state index contributed by atoms with van der Waals surface area (Å²) in [6, 6.07) is 1.97. The molecule has 0 unspecified atom stereocenters. The van der Waals surface area contributed by atoms with E-state index in [-0.39, 0.29) is 0 Å². The van der Waals surface area contributed by atoms with Gasteiger partial charge in [-0.05, 0) is 25.8 Å². The first kappa shape index (κ1) is 11.7. The average molecular weight is 239 g/mol. The van der Waals surface area contributed by atoms with Gasteiger partial charge in [0.25, 0.3) is 0 Å². The second-order valence-electron chi connectivity index (χ2n) is 3.68. The first-order valence-electron chi connectivity index (χ1n) is 5.70. The summed E-state index contributed by atoms with van der Waals surface area (Å²) in [4.78, 5) is 8.62. The van der Waals surface area contributed by atoms with Crippen molar-refractivity contribution in [2.45, 2.75) is 30.0 Å². The highest BCUT2D eigenvalue weighted by Crippen LogP contribution is 2.28. The van der Waals surface area contributed by atoms with E-state index in [1.165, 1.54) is 0 Å². The zero-order valence-corrected chi connectivity index (χ0v) is 10.3. The van der Waals surface area contributed by atoms with Crippen LogP contribution in [0.4, 0.5) is 5.95 Å². The van der Waals surface area contributed by atoms with Crippen LogP contribution in [0.5, 0.6) is 0 Å². The van der Waals surface area contributed by atoms with E-state index in [9.17, 15) is 0 Å². The quantitative estimate of drug-likeness (QED) is 0.816. The van der Waals surface area contributed by atoms with Gasteiger partial charge in [0.1, 0.15) is 5.03 Å². The van der Waals surface area contributed by atoms with E-state index in [0.29, 0.717) is 5.25 Å². The van der Waals surface area contributed by atoms with Gasteiger partial charge in [0.15, 0.2) is 0 Å². The minimum Gasteiger partial charge on any atom is -0.381 e. The van der Waals surface area contributed by atoms with Gasteiger partial charge in [0, 0.05) is 31.2 Å². The van der Waals surface area contributed by atoms with Crippen molar-refractivity contribution in [2.24, 2.45) is 0 Å². The van der Waals surface area contributed by atoms with Crippen molar-refractivity contribution < 1.29 is 4.74 Å². The van der Waals surface area contributed by atoms with Gasteiger partial charge in [-0.3, -0.25) is 0 Å². The Balaban J connectivity index is 1.94. The van der Waals surface area contributed by atoms with Crippen LogP contribution in [0.2, 0.25) is 0 Å². The minimum atomic E-state index is 0.637. The number of rotatable bonds is 4. The Morgan fingerprint density at radius 1 is 1.50 bits per heavy atom. The molecular weight excluding hydrogens is 222 g/mol. The Labute approximate surface area is 100 Å². The second kappa shape index (κ2) is 6.06. The summed E-state index contributed by atoms with van der Waals surface area (Å²) in [7, 11) is 0. The van der Waals surface area contributed by atoms with E-state index < -0.39 is 0 Å². The first-order chi connectivity index (χ1) is 7.88. The summed E-state index contributed by atoms with van der Waals surface area (Å²) in [6.45, 7) is 4.65. The number of anilines is 1. The molecule has 88 valence electrons. The number of hydrogen-bond donors (Lipinski definition) is 1. The molecule has 0 spiro atoms. The van der Waals surface area contributed by atoms with Crippen LogP contribution in [0, 0.1) is 0 Å². The van der Waals surface area contributed by atoms with Crippen LogP contribution < -0.4 is 5.32 Å². The topological polar surface area (TPSA) is 47.0 Å². The van der Waals surface area contributed by atoms with Gasteiger partial charge in [0.05, 0.1) is 0 Å². The van der Waals surface area contributed by atoms with Crippen LogP contribution in [0.25, 0.3) is 0 Å². The number of hydrogen-bond acceptors (Lipinski definition) is 5. The lowest BCUT2D eigenvalue weighted by Crippen LogP contribution is -2.17. The molecule has 0 atom stereocenters. The maximum atomic E-state index is 5.34. The van der Waals surface area contributed by atoms with Gasteiger partial charge < -0.3 is 10.1 Å². The van der Waals surface area contributed by atoms with Gasteiger partial charge in [0.2, 0.25) is 5.95 Å². The van der Waals surface area contributed by atoms with E-state index in [1.54, 1.807) is 0 Å². The summed E-state index contributed by atoms with van der Waals surface area (Å²) in [6.07, 6.45) is 4.04. The molecule has 1 aliphatic rings. The molecule has 0 aromatic carbocycles. The second-order valence-corrected chi connectivity index (χ2v) is 5.00. The van der Waals surface area contributed by atoms with E-state index in [0.717, 1.165) is 43.6 Å². The third-order valence-corrected chi connectivity index (χ3v) is 3.69. The van der Waals surface area contributed by atoms with Crippen molar-refractivity contribution in [1.29, 1.82) is 0 Å². The lowest BCUT2D eigenvalue weighted by molar-refractivity contribution is 0.1000. The van der Waals surface area contributed by atoms with Crippen LogP contribution in [-0.4, -0.2) is 35.0 Å². The van der Waals surface area contributed by atoms with Crippen molar-refractivity contribution >= 4 is 17.7 Å². The van der Waals surface area contributed by atoms with Crippen LogP contribution in [0.3, 0.4) is 0 Å². The zero-order chi connectivity index (χ0) is 11.2. The van der Waals surface area contributed by atoms with E-state index >= 15 is 0 Å². The fraction of sp³-hybridized carbons (Fsp3) is 0.636. The lowest BCUT2D eigenvalue weighted by Gasteiger charge is -2.20. The van der Waals surface area contributed by atoms with Gasteiger partial charge in [-0.25, -0.2) is 9.97 Å². The highest BCUT2D eigenvalue weighted by Gasteiger charge is 2.15. The van der Waals surface area contributed by atoms with Crippen molar-refractivity contribution in [2.75, 3.05) is 25.1 Å². The zero-order valence-electron chi connectivity index (χ0n) is 9.48. The SMILES string of the molecule is CCNc1nccc(SC2CCOCC2)n1. The molecule has 1 N–H and O–H groups in total. The molecule has 0 bridgehead atoms. The smallest absolute Gasteiger partial charge is 0.223 e. The van der Waals surface area contributed by atoms with Gasteiger partial charge in [-0.2, -0.15) is 0 Å². The van der Waals surface area contributed by atoms with Crippen LogP contribution in [0.15, 0.2) is 17.3 Å². The maximum Gasteiger partial charge on any atom is 0.223 e. The van der Waals surface area contributed by atoms with Crippen molar-refractivity contribution in [3.05, 3.63) is 12.3 Å². The van der Waals surface area contributed by atoms with E-state index in [2.05, 4.69) is 15.3 Å². The molecule has 2 heterocycles. The molecule has 0 amide bonds. The molecule has 4 nitrogen and oxygen atoms in total.